The molecule has 0 bridgehead atoms. The fourth-order valence-electron chi connectivity index (χ4n) is 1.89. The Morgan fingerprint density at radius 1 is 1.53 bits per heavy atom. The number of carbonyl (C=O) groups excluding carboxylic acids is 1. The standard InChI is InChI=1S/C13H16O4/c1-3-16-13(14)10-6-9-4-5-11(15-2)7-12(9)17-8-10/h4-5,7,10H,3,6,8H2,1-2H3. The van der Waals surface area contributed by atoms with E-state index in [-0.39, 0.29) is 11.9 Å². The Kier molecular flexibility index (Phi) is 3.52. The first-order valence-corrected chi connectivity index (χ1v) is 5.71. The summed E-state index contributed by atoms with van der Waals surface area (Å²) in [7, 11) is 1.62. The molecule has 92 valence electrons. The van der Waals surface area contributed by atoms with Crippen molar-refractivity contribution >= 4 is 5.97 Å². The third-order valence-electron chi connectivity index (χ3n) is 2.80. The highest BCUT2D eigenvalue weighted by Gasteiger charge is 2.27. The van der Waals surface area contributed by atoms with Crippen molar-refractivity contribution in [2.45, 2.75) is 13.3 Å². The summed E-state index contributed by atoms with van der Waals surface area (Å²) in [5.74, 6) is 1.17. The van der Waals surface area contributed by atoms with Crippen molar-refractivity contribution in [3.63, 3.8) is 0 Å². The monoisotopic (exact) mass is 236 g/mol. The Labute approximate surface area is 100 Å². The summed E-state index contributed by atoms with van der Waals surface area (Å²) in [6.45, 7) is 2.59. The fourth-order valence-corrected chi connectivity index (χ4v) is 1.89. The van der Waals surface area contributed by atoms with Crippen LogP contribution in [0.25, 0.3) is 0 Å². The van der Waals surface area contributed by atoms with Crippen LogP contribution < -0.4 is 9.47 Å². The van der Waals surface area contributed by atoms with E-state index < -0.39 is 0 Å². The van der Waals surface area contributed by atoms with Crippen molar-refractivity contribution in [2.75, 3.05) is 20.3 Å². The summed E-state index contributed by atoms with van der Waals surface area (Å²) in [5, 5.41) is 0. The maximum atomic E-state index is 11.6. The number of esters is 1. The first kappa shape index (κ1) is 11.8. The van der Waals surface area contributed by atoms with E-state index in [1.54, 1.807) is 14.0 Å². The lowest BCUT2D eigenvalue weighted by Gasteiger charge is -2.24. The number of benzene rings is 1. The minimum atomic E-state index is -0.198. The Hall–Kier alpha value is -1.71. The Morgan fingerprint density at radius 3 is 3.06 bits per heavy atom. The van der Waals surface area contributed by atoms with E-state index in [9.17, 15) is 4.79 Å². The summed E-state index contributed by atoms with van der Waals surface area (Å²) in [5.41, 5.74) is 1.02. The van der Waals surface area contributed by atoms with E-state index in [2.05, 4.69) is 0 Å². The van der Waals surface area contributed by atoms with Crippen LogP contribution >= 0.6 is 0 Å². The van der Waals surface area contributed by atoms with Crippen LogP contribution in [0.4, 0.5) is 0 Å². The molecule has 0 radical (unpaired) electrons. The summed E-state index contributed by atoms with van der Waals surface area (Å²) in [4.78, 5) is 11.6. The minimum absolute atomic E-state index is 0.186. The number of rotatable bonds is 3. The summed E-state index contributed by atoms with van der Waals surface area (Å²) < 4.78 is 15.7. The molecule has 0 aromatic heterocycles. The largest absolute Gasteiger partial charge is 0.497 e. The van der Waals surface area contributed by atoms with Crippen LogP contribution in [0.2, 0.25) is 0 Å². The molecule has 1 heterocycles. The van der Waals surface area contributed by atoms with Gasteiger partial charge in [0.15, 0.2) is 0 Å². The van der Waals surface area contributed by atoms with Crippen molar-refractivity contribution in [2.24, 2.45) is 5.92 Å². The predicted molar refractivity (Wildman–Crippen MR) is 62.3 cm³/mol. The van der Waals surface area contributed by atoms with Gasteiger partial charge in [0.05, 0.1) is 19.6 Å². The molecule has 1 aliphatic heterocycles. The van der Waals surface area contributed by atoms with Crippen molar-refractivity contribution < 1.29 is 19.0 Å². The maximum Gasteiger partial charge on any atom is 0.312 e. The second kappa shape index (κ2) is 5.08. The number of ether oxygens (including phenoxy) is 3. The van der Waals surface area contributed by atoms with Gasteiger partial charge in [0, 0.05) is 6.07 Å². The summed E-state index contributed by atoms with van der Waals surface area (Å²) in [6, 6.07) is 5.64. The summed E-state index contributed by atoms with van der Waals surface area (Å²) >= 11 is 0. The van der Waals surface area contributed by atoms with Crippen LogP contribution in [-0.4, -0.2) is 26.3 Å². The quantitative estimate of drug-likeness (QED) is 0.751. The predicted octanol–water partition coefficient (Wildman–Crippen LogP) is 1.81. The van der Waals surface area contributed by atoms with E-state index in [0.29, 0.717) is 19.6 Å². The van der Waals surface area contributed by atoms with Gasteiger partial charge in [0.1, 0.15) is 18.1 Å². The van der Waals surface area contributed by atoms with Gasteiger partial charge in [-0.2, -0.15) is 0 Å². The smallest absolute Gasteiger partial charge is 0.312 e. The van der Waals surface area contributed by atoms with Gasteiger partial charge in [-0.1, -0.05) is 6.07 Å². The first-order chi connectivity index (χ1) is 8.24. The van der Waals surface area contributed by atoms with Crippen molar-refractivity contribution in [3.8, 4) is 11.5 Å². The zero-order valence-corrected chi connectivity index (χ0v) is 10.1. The van der Waals surface area contributed by atoms with Gasteiger partial charge >= 0.3 is 5.97 Å². The van der Waals surface area contributed by atoms with Crippen LogP contribution in [0, 0.1) is 5.92 Å². The first-order valence-electron chi connectivity index (χ1n) is 5.71. The molecule has 0 aliphatic carbocycles. The normalized spacial score (nSPS) is 17.9. The van der Waals surface area contributed by atoms with Crippen molar-refractivity contribution in [1.82, 2.24) is 0 Å². The second-order valence-electron chi connectivity index (χ2n) is 3.94. The highest BCUT2D eigenvalue weighted by Crippen LogP contribution is 2.31. The number of methoxy groups -OCH3 is 1. The van der Waals surface area contributed by atoms with Crippen molar-refractivity contribution in [3.05, 3.63) is 23.8 Å². The molecule has 17 heavy (non-hydrogen) atoms. The van der Waals surface area contributed by atoms with E-state index >= 15 is 0 Å². The van der Waals surface area contributed by atoms with Gasteiger partial charge in [-0.05, 0) is 25.0 Å². The SMILES string of the molecule is CCOC(=O)C1COc2cc(OC)ccc2C1. The molecule has 0 amide bonds. The van der Waals surface area contributed by atoms with Crippen LogP contribution in [-0.2, 0) is 16.0 Å². The van der Waals surface area contributed by atoms with Gasteiger partial charge in [0.2, 0.25) is 0 Å². The molecule has 4 heteroatoms. The van der Waals surface area contributed by atoms with Crippen LogP contribution in [0.3, 0.4) is 0 Å². The number of hydrogen-bond donors (Lipinski definition) is 0. The molecule has 2 rings (SSSR count). The molecule has 0 saturated carbocycles. The Morgan fingerprint density at radius 2 is 2.35 bits per heavy atom. The lowest BCUT2D eigenvalue weighted by Crippen LogP contribution is -2.29. The highest BCUT2D eigenvalue weighted by molar-refractivity contribution is 5.73. The van der Waals surface area contributed by atoms with Crippen LogP contribution in [0.15, 0.2) is 18.2 Å². The maximum absolute atomic E-state index is 11.6. The third-order valence-corrected chi connectivity index (χ3v) is 2.80. The fraction of sp³-hybridized carbons (Fsp3) is 0.462. The Bertz CT molecular complexity index is 414. The van der Waals surface area contributed by atoms with Crippen molar-refractivity contribution in [1.29, 1.82) is 0 Å². The van der Waals surface area contributed by atoms with Crippen LogP contribution in [0.5, 0.6) is 11.5 Å². The van der Waals surface area contributed by atoms with Crippen LogP contribution in [0.1, 0.15) is 12.5 Å². The number of hydrogen-bond acceptors (Lipinski definition) is 4. The highest BCUT2D eigenvalue weighted by atomic mass is 16.5. The zero-order chi connectivity index (χ0) is 12.3. The molecule has 0 spiro atoms. The number of fused-ring (bicyclic) bond motifs is 1. The van der Waals surface area contributed by atoms with Gasteiger partial charge in [-0.25, -0.2) is 0 Å². The lowest BCUT2D eigenvalue weighted by atomic mass is 9.97. The topological polar surface area (TPSA) is 44.8 Å². The minimum Gasteiger partial charge on any atom is -0.497 e. The molecule has 1 aliphatic rings. The third kappa shape index (κ3) is 2.52. The molecule has 0 N–H and O–H groups in total. The molecule has 0 saturated heterocycles. The molecule has 4 nitrogen and oxygen atoms in total. The van der Waals surface area contributed by atoms with E-state index in [1.807, 2.05) is 18.2 Å². The molecule has 0 fully saturated rings. The molecular formula is C13H16O4. The molecular weight excluding hydrogens is 220 g/mol. The zero-order valence-electron chi connectivity index (χ0n) is 10.1. The summed E-state index contributed by atoms with van der Waals surface area (Å²) in [6.07, 6.45) is 0.665. The van der Waals surface area contributed by atoms with Gasteiger partial charge in [0.25, 0.3) is 0 Å². The second-order valence-corrected chi connectivity index (χ2v) is 3.94. The van der Waals surface area contributed by atoms with E-state index in [0.717, 1.165) is 17.1 Å². The number of carbonyl (C=O) groups is 1. The Balaban J connectivity index is 2.11. The molecule has 1 unspecified atom stereocenters. The van der Waals surface area contributed by atoms with Gasteiger partial charge in [-0.3, -0.25) is 4.79 Å². The average molecular weight is 236 g/mol. The van der Waals surface area contributed by atoms with E-state index in [1.165, 1.54) is 0 Å². The van der Waals surface area contributed by atoms with Gasteiger partial charge < -0.3 is 14.2 Å². The van der Waals surface area contributed by atoms with Gasteiger partial charge in [-0.15, -0.1) is 0 Å². The molecule has 1 aromatic rings. The van der Waals surface area contributed by atoms with E-state index in [4.69, 9.17) is 14.2 Å². The lowest BCUT2D eigenvalue weighted by molar-refractivity contribution is -0.149. The molecule has 1 aromatic carbocycles. The average Bonchev–Trinajstić information content (AvgIpc) is 2.37. The molecule has 1 atom stereocenters.